The Balaban J connectivity index is 1.98. The molecule has 1 aromatic carbocycles. The van der Waals surface area contributed by atoms with Crippen molar-refractivity contribution in [3.05, 3.63) is 54.0 Å². The quantitative estimate of drug-likeness (QED) is 0.657. The number of hydrazone groups is 1. The fourth-order valence-electron chi connectivity index (χ4n) is 1.69. The summed E-state index contributed by atoms with van der Waals surface area (Å²) in [7, 11) is 0. The second-order valence-corrected chi connectivity index (χ2v) is 4.59. The van der Waals surface area contributed by atoms with Gasteiger partial charge in [0.15, 0.2) is 0 Å². The number of carbonyl (C=O) groups excluding carboxylic acids is 2. The molecule has 114 valence electrons. The number of nitrogens with one attached hydrogen (secondary N) is 2. The van der Waals surface area contributed by atoms with Gasteiger partial charge in [0.25, 0.3) is 5.91 Å². The molecule has 0 saturated heterocycles. The van der Waals surface area contributed by atoms with E-state index in [4.69, 9.17) is 4.42 Å². The van der Waals surface area contributed by atoms with E-state index < -0.39 is 0 Å². The Labute approximate surface area is 128 Å². The summed E-state index contributed by atoms with van der Waals surface area (Å²) in [5, 5.41) is 6.70. The molecule has 1 heterocycles. The number of furan rings is 1. The van der Waals surface area contributed by atoms with Crippen molar-refractivity contribution in [1.29, 1.82) is 0 Å². The Bertz CT molecular complexity index is 673. The van der Waals surface area contributed by atoms with Gasteiger partial charge in [-0.05, 0) is 43.3 Å². The normalized spacial score (nSPS) is 11.1. The molecule has 0 fully saturated rings. The third-order valence-electron chi connectivity index (χ3n) is 2.95. The van der Waals surface area contributed by atoms with Crippen LogP contribution in [0.2, 0.25) is 0 Å². The first kappa shape index (κ1) is 15.5. The summed E-state index contributed by atoms with van der Waals surface area (Å²) >= 11 is 0. The van der Waals surface area contributed by atoms with Gasteiger partial charge in [0.1, 0.15) is 11.5 Å². The van der Waals surface area contributed by atoms with Crippen molar-refractivity contribution in [2.75, 3.05) is 5.32 Å². The minimum atomic E-state index is -0.334. The van der Waals surface area contributed by atoms with Crippen molar-refractivity contribution < 1.29 is 14.0 Å². The molecule has 2 rings (SSSR count). The molecule has 0 aliphatic rings. The third kappa shape index (κ3) is 4.05. The lowest BCUT2D eigenvalue weighted by Gasteiger charge is -2.05. The van der Waals surface area contributed by atoms with Gasteiger partial charge in [-0.2, -0.15) is 5.10 Å². The summed E-state index contributed by atoms with van der Waals surface area (Å²) in [5.74, 6) is 0.188. The van der Waals surface area contributed by atoms with Gasteiger partial charge < -0.3 is 9.73 Å². The summed E-state index contributed by atoms with van der Waals surface area (Å²) in [5.41, 5.74) is 4.14. The lowest BCUT2D eigenvalue weighted by atomic mass is 10.2. The predicted molar refractivity (Wildman–Crippen MR) is 83.7 cm³/mol. The number of hydrogen-bond donors (Lipinski definition) is 2. The highest BCUT2D eigenvalue weighted by Gasteiger charge is 2.06. The molecular weight excluding hydrogens is 282 g/mol. The molecule has 22 heavy (non-hydrogen) atoms. The number of anilines is 1. The van der Waals surface area contributed by atoms with Gasteiger partial charge >= 0.3 is 0 Å². The van der Waals surface area contributed by atoms with Crippen molar-refractivity contribution in [2.24, 2.45) is 5.10 Å². The lowest BCUT2D eigenvalue weighted by molar-refractivity contribution is -0.115. The second-order valence-electron chi connectivity index (χ2n) is 4.59. The first-order valence-corrected chi connectivity index (χ1v) is 6.88. The molecular formula is C16H17N3O3. The Morgan fingerprint density at radius 3 is 2.50 bits per heavy atom. The zero-order valence-electron chi connectivity index (χ0n) is 12.4. The van der Waals surface area contributed by atoms with E-state index in [-0.39, 0.29) is 11.8 Å². The molecule has 2 aromatic rings. The van der Waals surface area contributed by atoms with Crippen molar-refractivity contribution in [3.8, 4) is 0 Å². The largest absolute Gasteiger partial charge is 0.463 e. The van der Waals surface area contributed by atoms with E-state index in [9.17, 15) is 9.59 Å². The Hall–Kier alpha value is -2.89. The van der Waals surface area contributed by atoms with E-state index in [0.29, 0.717) is 29.1 Å². The number of hydrogen-bond acceptors (Lipinski definition) is 4. The maximum Gasteiger partial charge on any atom is 0.271 e. The zero-order chi connectivity index (χ0) is 15.9. The van der Waals surface area contributed by atoms with Crippen LogP contribution in [0.25, 0.3) is 0 Å². The number of nitrogens with zero attached hydrogens (tertiary/aromatic N) is 1. The van der Waals surface area contributed by atoms with Gasteiger partial charge in [-0.3, -0.25) is 9.59 Å². The van der Waals surface area contributed by atoms with Crippen molar-refractivity contribution in [1.82, 2.24) is 5.43 Å². The van der Waals surface area contributed by atoms with Crippen LogP contribution in [-0.2, 0) is 4.79 Å². The Morgan fingerprint density at radius 1 is 1.18 bits per heavy atom. The fraction of sp³-hybridized carbons (Fsp3) is 0.188. The van der Waals surface area contributed by atoms with Gasteiger partial charge in [0, 0.05) is 17.7 Å². The molecule has 6 nitrogen and oxygen atoms in total. The second kappa shape index (κ2) is 7.21. The van der Waals surface area contributed by atoms with Crippen LogP contribution in [-0.4, -0.2) is 17.5 Å². The highest BCUT2D eigenvalue weighted by molar-refractivity contribution is 5.99. The fourth-order valence-corrected chi connectivity index (χ4v) is 1.69. The summed E-state index contributed by atoms with van der Waals surface area (Å²) in [4.78, 5) is 23.2. The smallest absolute Gasteiger partial charge is 0.271 e. The van der Waals surface area contributed by atoms with Crippen LogP contribution in [0, 0.1) is 0 Å². The number of rotatable bonds is 5. The number of amides is 2. The van der Waals surface area contributed by atoms with Crippen molar-refractivity contribution >= 4 is 23.2 Å². The maximum absolute atomic E-state index is 12.0. The van der Waals surface area contributed by atoms with Gasteiger partial charge in [-0.15, -0.1) is 0 Å². The molecule has 0 radical (unpaired) electrons. The minimum absolute atomic E-state index is 0.0733. The van der Waals surface area contributed by atoms with Gasteiger partial charge in [0.2, 0.25) is 5.91 Å². The summed E-state index contributed by atoms with van der Waals surface area (Å²) < 4.78 is 5.17. The predicted octanol–water partition coefficient (Wildman–Crippen LogP) is 2.78. The lowest BCUT2D eigenvalue weighted by Crippen LogP contribution is -2.19. The topological polar surface area (TPSA) is 83.7 Å². The molecule has 0 saturated carbocycles. The number of benzene rings is 1. The van der Waals surface area contributed by atoms with Crippen LogP contribution in [0.4, 0.5) is 5.69 Å². The van der Waals surface area contributed by atoms with E-state index in [1.165, 1.54) is 0 Å². The van der Waals surface area contributed by atoms with Crippen LogP contribution in [0.3, 0.4) is 0 Å². The van der Waals surface area contributed by atoms with Crippen LogP contribution in [0.5, 0.6) is 0 Å². The van der Waals surface area contributed by atoms with Crippen LogP contribution >= 0.6 is 0 Å². The molecule has 2 amide bonds. The van der Waals surface area contributed by atoms with Crippen molar-refractivity contribution in [3.63, 3.8) is 0 Å². The van der Waals surface area contributed by atoms with Crippen LogP contribution < -0.4 is 10.7 Å². The van der Waals surface area contributed by atoms with E-state index in [1.807, 2.05) is 0 Å². The summed E-state index contributed by atoms with van der Waals surface area (Å²) in [6.45, 7) is 3.51. The van der Waals surface area contributed by atoms with Gasteiger partial charge in [-0.1, -0.05) is 6.92 Å². The van der Waals surface area contributed by atoms with Crippen LogP contribution in [0.1, 0.15) is 36.4 Å². The highest BCUT2D eigenvalue weighted by atomic mass is 16.3. The highest BCUT2D eigenvalue weighted by Crippen LogP contribution is 2.10. The Morgan fingerprint density at radius 2 is 1.91 bits per heavy atom. The average molecular weight is 299 g/mol. The SMILES string of the molecule is CCC(=O)Nc1ccc(C(=O)N/N=C(\C)c2ccco2)cc1. The molecule has 0 aliphatic carbocycles. The van der Waals surface area contributed by atoms with E-state index in [0.717, 1.165) is 0 Å². The third-order valence-corrected chi connectivity index (χ3v) is 2.95. The summed E-state index contributed by atoms with van der Waals surface area (Å²) in [6.07, 6.45) is 1.95. The monoisotopic (exact) mass is 299 g/mol. The van der Waals surface area contributed by atoms with Crippen molar-refractivity contribution in [2.45, 2.75) is 20.3 Å². The Kier molecular flexibility index (Phi) is 5.08. The van der Waals surface area contributed by atoms with Gasteiger partial charge in [-0.25, -0.2) is 5.43 Å². The van der Waals surface area contributed by atoms with Gasteiger partial charge in [0.05, 0.1) is 6.26 Å². The van der Waals surface area contributed by atoms with E-state index in [1.54, 1.807) is 56.5 Å². The average Bonchev–Trinajstić information content (AvgIpc) is 3.07. The molecule has 1 aromatic heterocycles. The standard InChI is InChI=1S/C16H17N3O3/c1-3-15(20)17-13-8-6-12(7-9-13)16(21)19-18-11(2)14-5-4-10-22-14/h4-10H,3H2,1-2H3,(H,17,20)(H,19,21)/b18-11+. The molecule has 2 N–H and O–H groups in total. The van der Waals surface area contributed by atoms with E-state index in [2.05, 4.69) is 15.8 Å². The first-order chi connectivity index (χ1) is 10.6. The molecule has 0 spiro atoms. The molecule has 0 aliphatic heterocycles. The van der Waals surface area contributed by atoms with E-state index >= 15 is 0 Å². The molecule has 6 heteroatoms. The maximum atomic E-state index is 12.0. The minimum Gasteiger partial charge on any atom is -0.463 e. The molecule has 0 bridgehead atoms. The summed E-state index contributed by atoms with van der Waals surface area (Å²) in [6, 6.07) is 10.1. The van der Waals surface area contributed by atoms with Crippen LogP contribution in [0.15, 0.2) is 52.2 Å². The molecule has 0 unspecified atom stereocenters. The zero-order valence-corrected chi connectivity index (χ0v) is 12.4. The number of carbonyl (C=O) groups is 2. The first-order valence-electron chi connectivity index (χ1n) is 6.88. The molecule has 0 atom stereocenters.